The minimum atomic E-state index is -1.24. The molecule has 1 N–H and O–H groups in total. The molecule has 1 saturated heterocycles. The number of aliphatic hydroxyl groups is 1. The number of rotatable bonds is 6. The minimum Gasteiger partial charge on any atom is -0.383 e. The Labute approximate surface area is 145 Å². The highest BCUT2D eigenvalue weighted by Crippen LogP contribution is 2.51. The summed E-state index contributed by atoms with van der Waals surface area (Å²) in [5, 5.41) is 10.9. The molecule has 0 saturated carbocycles. The monoisotopic (exact) mass is 334 g/mol. The number of allylic oxidation sites excluding steroid dienone is 2. The number of ketones is 1. The largest absolute Gasteiger partial charge is 0.383 e. The van der Waals surface area contributed by atoms with Crippen LogP contribution >= 0.6 is 0 Å². The summed E-state index contributed by atoms with van der Waals surface area (Å²) in [4.78, 5) is 22.4. The van der Waals surface area contributed by atoms with Crippen molar-refractivity contribution in [2.24, 2.45) is 23.7 Å². The maximum Gasteiger partial charge on any atom is 0.142 e. The average molecular weight is 334 g/mol. The second-order valence-corrected chi connectivity index (χ2v) is 7.92. The smallest absolute Gasteiger partial charge is 0.142 e. The standard InChI is InChI=1S/C20H30O4/c1-12(2)15-8-7-13(3)17-16(11-14(4)22)24-19(18(15)17)20(5,23)9-6-10-21/h6-7,9-10,12,15-19,23H,8,11H2,1-5H3. The Morgan fingerprint density at radius 1 is 1.50 bits per heavy atom. The van der Waals surface area contributed by atoms with E-state index in [9.17, 15) is 14.7 Å². The highest BCUT2D eigenvalue weighted by atomic mass is 16.5. The fourth-order valence-electron chi connectivity index (χ4n) is 4.53. The molecule has 0 aromatic heterocycles. The Bertz CT molecular complexity index is 544. The molecule has 134 valence electrons. The van der Waals surface area contributed by atoms with Gasteiger partial charge in [0.2, 0.25) is 0 Å². The normalized spacial score (nSPS) is 35.6. The zero-order valence-corrected chi connectivity index (χ0v) is 15.4. The van der Waals surface area contributed by atoms with Gasteiger partial charge in [0, 0.05) is 18.3 Å². The lowest BCUT2D eigenvalue weighted by molar-refractivity contribution is -0.123. The number of ether oxygens (including phenoxy) is 1. The number of hydrogen-bond acceptors (Lipinski definition) is 4. The van der Waals surface area contributed by atoms with E-state index in [4.69, 9.17) is 4.74 Å². The summed E-state index contributed by atoms with van der Waals surface area (Å²) in [5.41, 5.74) is 0.0148. The van der Waals surface area contributed by atoms with E-state index in [0.717, 1.165) is 6.42 Å². The number of aldehydes is 1. The second kappa shape index (κ2) is 7.32. The Morgan fingerprint density at radius 3 is 2.71 bits per heavy atom. The Kier molecular flexibility index (Phi) is 5.82. The molecule has 0 amide bonds. The van der Waals surface area contributed by atoms with Crippen LogP contribution in [-0.4, -0.2) is 35.0 Å². The van der Waals surface area contributed by atoms with Gasteiger partial charge >= 0.3 is 0 Å². The molecular weight excluding hydrogens is 304 g/mol. The van der Waals surface area contributed by atoms with Crippen molar-refractivity contribution >= 4 is 12.1 Å². The fraction of sp³-hybridized carbons (Fsp3) is 0.700. The maximum atomic E-state index is 11.7. The number of Topliss-reactive ketones (excluding diaryl/α,β-unsaturated/α-hetero) is 1. The summed E-state index contributed by atoms with van der Waals surface area (Å²) < 4.78 is 6.25. The predicted molar refractivity (Wildman–Crippen MR) is 93.5 cm³/mol. The molecule has 0 spiro atoms. The zero-order valence-electron chi connectivity index (χ0n) is 15.4. The molecule has 0 radical (unpaired) electrons. The molecule has 0 aromatic rings. The highest BCUT2D eigenvalue weighted by Gasteiger charge is 2.55. The maximum absolute atomic E-state index is 11.7. The summed E-state index contributed by atoms with van der Waals surface area (Å²) in [6.45, 7) is 9.76. The molecule has 1 fully saturated rings. The van der Waals surface area contributed by atoms with Crippen molar-refractivity contribution in [1.82, 2.24) is 0 Å². The van der Waals surface area contributed by atoms with Crippen molar-refractivity contribution in [2.75, 3.05) is 0 Å². The molecule has 0 bridgehead atoms. The first-order valence-electron chi connectivity index (χ1n) is 8.86. The van der Waals surface area contributed by atoms with E-state index in [0.29, 0.717) is 24.5 Å². The number of hydrogen-bond donors (Lipinski definition) is 1. The van der Waals surface area contributed by atoms with E-state index in [1.165, 1.54) is 17.7 Å². The SMILES string of the molecule is CC(=O)CC1OC(C(C)(O)C=CC=O)C2C(C(C)C)CC=C(C)C12. The molecule has 2 aliphatic rings. The summed E-state index contributed by atoms with van der Waals surface area (Å²) in [6.07, 6.45) is 6.48. The van der Waals surface area contributed by atoms with Gasteiger partial charge in [-0.3, -0.25) is 9.59 Å². The molecular formula is C20H30O4. The van der Waals surface area contributed by atoms with E-state index in [2.05, 4.69) is 26.8 Å². The topological polar surface area (TPSA) is 63.6 Å². The van der Waals surface area contributed by atoms with Gasteiger partial charge in [0.1, 0.15) is 17.7 Å². The molecule has 24 heavy (non-hydrogen) atoms. The van der Waals surface area contributed by atoms with Crippen LogP contribution in [0, 0.1) is 23.7 Å². The van der Waals surface area contributed by atoms with Gasteiger partial charge in [-0.25, -0.2) is 0 Å². The number of carbonyl (C=O) groups excluding carboxylic acids is 2. The van der Waals surface area contributed by atoms with Crippen LogP contribution in [0.2, 0.25) is 0 Å². The third-order valence-electron chi connectivity index (χ3n) is 5.65. The molecule has 2 rings (SSSR count). The third-order valence-corrected chi connectivity index (χ3v) is 5.65. The molecule has 1 aliphatic heterocycles. The molecule has 1 heterocycles. The quantitative estimate of drug-likeness (QED) is 0.460. The average Bonchev–Trinajstić information content (AvgIpc) is 2.85. The van der Waals surface area contributed by atoms with Crippen LogP contribution < -0.4 is 0 Å². The van der Waals surface area contributed by atoms with Crippen molar-refractivity contribution < 1.29 is 19.4 Å². The first kappa shape index (κ1) is 19.1. The Balaban J connectivity index is 2.43. The number of fused-ring (bicyclic) bond motifs is 1. The molecule has 4 heteroatoms. The second-order valence-electron chi connectivity index (χ2n) is 7.92. The number of carbonyl (C=O) groups is 2. The summed E-state index contributed by atoms with van der Waals surface area (Å²) in [7, 11) is 0. The van der Waals surface area contributed by atoms with Crippen molar-refractivity contribution in [3.8, 4) is 0 Å². The molecule has 0 aromatic carbocycles. The van der Waals surface area contributed by atoms with E-state index in [1.54, 1.807) is 13.8 Å². The van der Waals surface area contributed by atoms with Crippen molar-refractivity contribution in [2.45, 2.75) is 65.3 Å². The molecule has 4 nitrogen and oxygen atoms in total. The van der Waals surface area contributed by atoms with Crippen molar-refractivity contribution in [3.05, 3.63) is 23.8 Å². The van der Waals surface area contributed by atoms with Crippen LogP contribution in [0.1, 0.15) is 47.5 Å². The first-order valence-corrected chi connectivity index (χ1v) is 8.86. The molecule has 6 unspecified atom stereocenters. The van der Waals surface area contributed by atoms with Crippen molar-refractivity contribution in [3.63, 3.8) is 0 Å². The Hall–Kier alpha value is -1.26. The van der Waals surface area contributed by atoms with E-state index < -0.39 is 11.7 Å². The van der Waals surface area contributed by atoms with Crippen LogP contribution in [0.3, 0.4) is 0 Å². The zero-order chi connectivity index (χ0) is 18.1. The van der Waals surface area contributed by atoms with Crippen LogP contribution in [0.15, 0.2) is 23.8 Å². The van der Waals surface area contributed by atoms with Gasteiger partial charge in [-0.2, -0.15) is 0 Å². The van der Waals surface area contributed by atoms with Gasteiger partial charge < -0.3 is 9.84 Å². The summed E-state index contributed by atoms with van der Waals surface area (Å²) in [5.74, 6) is 1.23. The van der Waals surface area contributed by atoms with Crippen LogP contribution in [0.5, 0.6) is 0 Å². The lowest BCUT2D eigenvalue weighted by atomic mass is 9.63. The van der Waals surface area contributed by atoms with E-state index >= 15 is 0 Å². The third kappa shape index (κ3) is 3.70. The van der Waals surface area contributed by atoms with Gasteiger partial charge in [-0.15, -0.1) is 0 Å². The van der Waals surface area contributed by atoms with E-state index in [-0.39, 0.29) is 23.7 Å². The lowest BCUT2D eigenvalue weighted by Crippen LogP contribution is -2.46. The minimum absolute atomic E-state index is 0.0990. The van der Waals surface area contributed by atoms with Crippen LogP contribution in [-0.2, 0) is 14.3 Å². The lowest BCUT2D eigenvalue weighted by Gasteiger charge is -2.41. The van der Waals surface area contributed by atoms with Gasteiger partial charge in [0.05, 0.1) is 12.2 Å². The van der Waals surface area contributed by atoms with Gasteiger partial charge in [0.15, 0.2) is 0 Å². The summed E-state index contributed by atoms with van der Waals surface area (Å²) in [6, 6.07) is 0. The first-order chi connectivity index (χ1) is 11.2. The van der Waals surface area contributed by atoms with Gasteiger partial charge in [0.25, 0.3) is 0 Å². The Morgan fingerprint density at radius 2 is 2.17 bits per heavy atom. The predicted octanol–water partition coefficient (Wildman–Crippen LogP) is 3.09. The van der Waals surface area contributed by atoms with Crippen molar-refractivity contribution in [1.29, 1.82) is 0 Å². The van der Waals surface area contributed by atoms with E-state index in [1.807, 2.05) is 0 Å². The van der Waals surface area contributed by atoms with Crippen LogP contribution in [0.4, 0.5) is 0 Å². The van der Waals surface area contributed by atoms with Crippen LogP contribution in [0.25, 0.3) is 0 Å². The van der Waals surface area contributed by atoms with Gasteiger partial charge in [-0.1, -0.05) is 25.5 Å². The molecule has 6 atom stereocenters. The highest BCUT2D eigenvalue weighted by molar-refractivity contribution is 5.76. The van der Waals surface area contributed by atoms with Gasteiger partial charge in [-0.05, 0) is 51.2 Å². The molecule has 1 aliphatic carbocycles. The fourth-order valence-corrected chi connectivity index (χ4v) is 4.53. The summed E-state index contributed by atoms with van der Waals surface area (Å²) >= 11 is 0.